The summed E-state index contributed by atoms with van der Waals surface area (Å²) in [6, 6.07) is 15.9. The summed E-state index contributed by atoms with van der Waals surface area (Å²) in [5.74, 6) is -0.275. The summed E-state index contributed by atoms with van der Waals surface area (Å²) >= 11 is 3.44. The third-order valence-corrected chi connectivity index (χ3v) is 3.57. The Morgan fingerprint density at radius 1 is 1.09 bits per heavy atom. The molecule has 0 aliphatic rings. The first-order valence-electron chi connectivity index (χ1n) is 7.38. The van der Waals surface area contributed by atoms with Gasteiger partial charge in [0.1, 0.15) is 5.60 Å². The van der Waals surface area contributed by atoms with Crippen LogP contribution in [0, 0.1) is 0 Å². The molecule has 0 aliphatic carbocycles. The number of ether oxygens (including phenoxy) is 1. The van der Waals surface area contributed by atoms with Crippen LogP contribution in [0.3, 0.4) is 0 Å². The van der Waals surface area contributed by atoms with E-state index in [4.69, 9.17) is 4.74 Å². The van der Waals surface area contributed by atoms with E-state index in [1.54, 1.807) is 0 Å². The molecule has 0 spiro atoms. The Labute approximate surface area is 140 Å². The number of carbonyl (C=O) groups excluding carboxylic acids is 1. The molecule has 2 aromatic carbocycles. The standard InChI is InChI=1S/C19H21BrO2/c1-19(2,3)22-18(21)17-13-14(11-12-20)9-10-16(17)15-7-5-4-6-8-15/h4-10,13H,11-12H2,1-3H3. The van der Waals surface area contributed by atoms with Gasteiger partial charge in [-0.1, -0.05) is 58.4 Å². The van der Waals surface area contributed by atoms with E-state index >= 15 is 0 Å². The van der Waals surface area contributed by atoms with E-state index in [0.717, 1.165) is 28.4 Å². The topological polar surface area (TPSA) is 26.3 Å². The van der Waals surface area contributed by atoms with Gasteiger partial charge in [0.2, 0.25) is 0 Å². The molecule has 0 fully saturated rings. The molecule has 2 rings (SSSR count). The molecule has 0 heterocycles. The second-order valence-electron chi connectivity index (χ2n) is 6.19. The molecule has 22 heavy (non-hydrogen) atoms. The van der Waals surface area contributed by atoms with Crippen molar-refractivity contribution in [3.05, 3.63) is 59.7 Å². The second kappa shape index (κ2) is 7.10. The van der Waals surface area contributed by atoms with Gasteiger partial charge in [-0.2, -0.15) is 0 Å². The first kappa shape index (κ1) is 16.8. The zero-order valence-electron chi connectivity index (χ0n) is 13.2. The Morgan fingerprint density at radius 2 is 1.77 bits per heavy atom. The summed E-state index contributed by atoms with van der Waals surface area (Å²) in [6.07, 6.45) is 0.880. The van der Waals surface area contributed by atoms with E-state index in [2.05, 4.69) is 22.0 Å². The van der Waals surface area contributed by atoms with Gasteiger partial charge in [0.25, 0.3) is 0 Å². The third kappa shape index (κ3) is 4.44. The minimum absolute atomic E-state index is 0.275. The third-order valence-electron chi connectivity index (χ3n) is 3.17. The van der Waals surface area contributed by atoms with Crippen LogP contribution in [0.15, 0.2) is 48.5 Å². The van der Waals surface area contributed by atoms with Gasteiger partial charge in [0, 0.05) is 5.33 Å². The van der Waals surface area contributed by atoms with Crippen molar-refractivity contribution in [1.29, 1.82) is 0 Å². The zero-order valence-corrected chi connectivity index (χ0v) is 14.8. The Balaban J connectivity index is 2.47. The number of hydrogen-bond donors (Lipinski definition) is 0. The lowest BCUT2D eigenvalue weighted by atomic mass is 9.96. The van der Waals surface area contributed by atoms with Crippen LogP contribution in [0.4, 0.5) is 0 Å². The predicted molar refractivity (Wildman–Crippen MR) is 94.5 cm³/mol. The molecule has 3 heteroatoms. The van der Waals surface area contributed by atoms with Gasteiger partial charge in [0.15, 0.2) is 0 Å². The molecule has 2 nitrogen and oxygen atoms in total. The fourth-order valence-electron chi connectivity index (χ4n) is 2.23. The highest BCUT2D eigenvalue weighted by Crippen LogP contribution is 2.27. The Hall–Kier alpha value is -1.61. The van der Waals surface area contributed by atoms with Crippen molar-refractivity contribution in [3.63, 3.8) is 0 Å². The fourth-order valence-corrected chi connectivity index (χ4v) is 2.69. The highest BCUT2D eigenvalue weighted by atomic mass is 79.9. The quantitative estimate of drug-likeness (QED) is 0.549. The zero-order chi connectivity index (χ0) is 16.2. The van der Waals surface area contributed by atoms with Gasteiger partial charge < -0.3 is 4.74 Å². The van der Waals surface area contributed by atoms with Gasteiger partial charge >= 0.3 is 5.97 Å². The molecule has 0 radical (unpaired) electrons. The van der Waals surface area contributed by atoms with E-state index in [1.807, 2.05) is 63.2 Å². The van der Waals surface area contributed by atoms with Crippen LogP contribution in [-0.2, 0) is 11.2 Å². The molecular weight excluding hydrogens is 340 g/mol. The largest absolute Gasteiger partial charge is 0.456 e. The van der Waals surface area contributed by atoms with E-state index < -0.39 is 5.60 Å². The van der Waals surface area contributed by atoms with Crippen molar-refractivity contribution in [2.45, 2.75) is 32.8 Å². The first-order valence-corrected chi connectivity index (χ1v) is 8.50. The van der Waals surface area contributed by atoms with E-state index in [0.29, 0.717) is 5.56 Å². The van der Waals surface area contributed by atoms with Crippen molar-refractivity contribution in [2.24, 2.45) is 0 Å². The summed E-state index contributed by atoms with van der Waals surface area (Å²) < 4.78 is 5.57. The molecule has 0 bridgehead atoms. The number of alkyl halides is 1. The van der Waals surface area contributed by atoms with Crippen molar-refractivity contribution in [1.82, 2.24) is 0 Å². The second-order valence-corrected chi connectivity index (χ2v) is 6.98. The van der Waals surface area contributed by atoms with Gasteiger partial charge in [-0.05, 0) is 49.9 Å². The molecule has 0 N–H and O–H groups in total. The lowest BCUT2D eigenvalue weighted by Crippen LogP contribution is -2.24. The highest BCUT2D eigenvalue weighted by Gasteiger charge is 2.21. The fraction of sp³-hybridized carbons (Fsp3) is 0.316. The van der Waals surface area contributed by atoms with Crippen LogP contribution >= 0.6 is 15.9 Å². The van der Waals surface area contributed by atoms with E-state index in [-0.39, 0.29) is 5.97 Å². The van der Waals surface area contributed by atoms with E-state index in [9.17, 15) is 4.79 Å². The summed E-state index contributed by atoms with van der Waals surface area (Å²) in [4.78, 5) is 12.6. The maximum Gasteiger partial charge on any atom is 0.339 e. The summed E-state index contributed by atoms with van der Waals surface area (Å²) in [5, 5.41) is 0.867. The van der Waals surface area contributed by atoms with E-state index in [1.165, 1.54) is 0 Å². The van der Waals surface area contributed by atoms with Crippen LogP contribution in [0.1, 0.15) is 36.7 Å². The van der Waals surface area contributed by atoms with Gasteiger partial charge in [-0.25, -0.2) is 4.79 Å². The number of aryl methyl sites for hydroxylation is 1. The Bertz CT molecular complexity index is 642. The van der Waals surface area contributed by atoms with Gasteiger partial charge in [0.05, 0.1) is 5.56 Å². The summed E-state index contributed by atoms with van der Waals surface area (Å²) in [7, 11) is 0. The van der Waals surface area contributed by atoms with Crippen molar-refractivity contribution in [2.75, 3.05) is 5.33 Å². The molecule has 2 aromatic rings. The molecule has 0 unspecified atom stereocenters. The predicted octanol–water partition coefficient (Wildman–Crippen LogP) is 5.25. The molecular formula is C19H21BrO2. The van der Waals surface area contributed by atoms with Gasteiger partial charge in [-0.15, -0.1) is 0 Å². The molecule has 0 aliphatic heterocycles. The SMILES string of the molecule is CC(C)(C)OC(=O)c1cc(CCBr)ccc1-c1ccccc1. The number of rotatable bonds is 4. The lowest BCUT2D eigenvalue weighted by molar-refractivity contribution is 0.00703. The lowest BCUT2D eigenvalue weighted by Gasteiger charge is -2.21. The monoisotopic (exact) mass is 360 g/mol. The van der Waals surface area contributed by atoms with Crippen LogP contribution in [0.2, 0.25) is 0 Å². The number of halogens is 1. The summed E-state index contributed by atoms with van der Waals surface area (Å²) in [6.45, 7) is 5.65. The normalized spacial score (nSPS) is 11.3. The molecule has 0 saturated carbocycles. The van der Waals surface area contributed by atoms with Crippen molar-refractivity contribution < 1.29 is 9.53 Å². The maximum atomic E-state index is 12.6. The van der Waals surface area contributed by atoms with Crippen LogP contribution in [0.25, 0.3) is 11.1 Å². The first-order chi connectivity index (χ1) is 10.4. The minimum Gasteiger partial charge on any atom is -0.456 e. The molecule has 0 amide bonds. The van der Waals surface area contributed by atoms with Gasteiger partial charge in [-0.3, -0.25) is 0 Å². The average Bonchev–Trinajstić information content (AvgIpc) is 2.47. The maximum absolute atomic E-state index is 12.6. The van der Waals surface area contributed by atoms with Crippen LogP contribution in [0.5, 0.6) is 0 Å². The highest BCUT2D eigenvalue weighted by molar-refractivity contribution is 9.09. The van der Waals surface area contributed by atoms with Crippen LogP contribution in [-0.4, -0.2) is 16.9 Å². The molecule has 116 valence electrons. The van der Waals surface area contributed by atoms with Crippen molar-refractivity contribution >= 4 is 21.9 Å². The Morgan fingerprint density at radius 3 is 2.36 bits per heavy atom. The van der Waals surface area contributed by atoms with Crippen molar-refractivity contribution in [3.8, 4) is 11.1 Å². The molecule has 0 aromatic heterocycles. The smallest absolute Gasteiger partial charge is 0.339 e. The number of hydrogen-bond acceptors (Lipinski definition) is 2. The summed E-state index contributed by atoms with van der Waals surface area (Å²) in [5.41, 5.74) is 3.18. The number of esters is 1. The minimum atomic E-state index is -0.504. The molecule has 0 saturated heterocycles. The van der Waals surface area contributed by atoms with Crippen LogP contribution < -0.4 is 0 Å². The Kier molecular flexibility index (Phi) is 5.41. The average molecular weight is 361 g/mol. The number of benzene rings is 2. The molecule has 0 atom stereocenters. The number of carbonyl (C=O) groups is 1.